The zero-order valence-corrected chi connectivity index (χ0v) is 11.4. The minimum Gasteiger partial charge on any atom is -0.481 e. The molecule has 1 N–H and O–H groups in total. The highest BCUT2D eigenvalue weighted by atomic mass is 16.5. The van der Waals surface area contributed by atoms with E-state index in [0.29, 0.717) is 12.4 Å². The molecule has 0 aromatic carbocycles. The molecule has 0 saturated heterocycles. The van der Waals surface area contributed by atoms with Crippen LogP contribution in [0, 0.1) is 0 Å². The van der Waals surface area contributed by atoms with Crippen LogP contribution in [0.4, 0.5) is 0 Å². The molecule has 3 rings (SSSR count). The molecular weight excluding hydrogens is 258 g/mol. The average molecular weight is 275 g/mol. The van der Waals surface area contributed by atoms with Gasteiger partial charge in [-0.25, -0.2) is 14.9 Å². The number of aromatic nitrogens is 4. The highest BCUT2D eigenvalue weighted by Gasteiger charge is 2.17. The second-order valence-corrected chi connectivity index (χ2v) is 4.79. The highest BCUT2D eigenvalue weighted by Crippen LogP contribution is 2.11. The second-order valence-electron chi connectivity index (χ2n) is 4.79. The third kappa shape index (κ3) is 2.57. The Morgan fingerprint density at radius 1 is 1.35 bits per heavy atom. The number of hydrogen-bond donors (Lipinski definition) is 1. The summed E-state index contributed by atoms with van der Waals surface area (Å²) < 4.78 is 6.84. The number of H-pyrrole nitrogens is 1. The zero-order chi connectivity index (χ0) is 13.9. The maximum atomic E-state index is 11.6. The second kappa shape index (κ2) is 5.46. The van der Waals surface area contributed by atoms with Gasteiger partial charge in [0.1, 0.15) is 5.82 Å². The van der Waals surface area contributed by atoms with Gasteiger partial charge >= 0.3 is 5.69 Å². The Kier molecular flexibility index (Phi) is 3.51. The normalized spacial score (nSPS) is 15.7. The molecule has 0 fully saturated rings. The largest absolute Gasteiger partial charge is 0.481 e. The molecule has 20 heavy (non-hydrogen) atoms. The predicted octanol–water partition coefficient (Wildman–Crippen LogP) is 0.0333. The molecule has 3 heterocycles. The Morgan fingerprint density at radius 2 is 2.25 bits per heavy atom. The van der Waals surface area contributed by atoms with Crippen LogP contribution in [0.2, 0.25) is 0 Å². The van der Waals surface area contributed by atoms with Crippen LogP contribution < -0.4 is 10.4 Å². The standard InChI is InChI=1S/C13H17N5O2/c1-20-12-4-2-3-10(14-12)9-17-6-5-11-15-16-13(19)18(11)8-7-17/h2-4H,5-9H2,1H3,(H,16,19). The van der Waals surface area contributed by atoms with Crippen molar-refractivity contribution in [3.8, 4) is 5.88 Å². The zero-order valence-electron chi connectivity index (χ0n) is 11.4. The van der Waals surface area contributed by atoms with Crippen LogP contribution >= 0.6 is 0 Å². The van der Waals surface area contributed by atoms with Crippen LogP contribution in [-0.2, 0) is 19.5 Å². The number of aromatic amines is 1. The van der Waals surface area contributed by atoms with Gasteiger partial charge < -0.3 is 4.74 Å². The summed E-state index contributed by atoms with van der Waals surface area (Å²) in [5.41, 5.74) is 0.846. The van der Waals surface area contributed by atoms with E-state index in [2.05, 4.69) is 20.1 Å². The van der Waals surface area contributed by atoms with Gasteiger partial charge in [-0.05, 0) is 6.07 Å². The van der Waals surface area contributed by atoms with Crippen LogP contribution in [-0.4, -0.2) is 44.8 Å². The number of rotatable bonds is 3. The summed E-state index contributed by atoms with van der Waals surface area (Å²) in [5, 5.41) is 6.54. The van der Waals surface area contributed by atoms with E-state index in [1.807, 2.05) is 18.2 Å². The van der Waals surface area contributed by atoms with Crippen molar-refractivity contribution in [2.45, 2.75) is 19.5 Å². The van der Waals surface area contributed by atoms with Crippen LogP contribution in [0.25, 0.3) is 0 Å². The molecule has 0 unspecified atom stereocenters. The molecule has 0 bridgehead atoms. The van der Waals surface area contributed by atoms with Crippen LogP contribution in [0.3, 0.4) is 0 Å². The van der Waals surface area contributed by atoms with E-state index < -0.39 is 0 Å². The van der Waals surface area contributed by atoms with Gasteiger partial charge in [0.2, 0.25) is 5.88 Å². The number of ether oxygens (including phenoxy) is 1. The van der Waals surface area contributed by atoms with E-state index in [9.17, 15) is 4.79 Å². The number of methoxy groups -OCH3 is 1. The number of hydrogen-bond acceptors (Lipinski definition) is 5. The molecule has 1 aliphatic heterocycles. The van der Waals surface area contributed by atoms with Crippen molar-refractivity contribution in [3.05, 3.63) is 40.2 Å². The number of nitrogens with one attached hydrogen (secondary N) is 1. The Labute approximate surface area is 116 Å². The van der Waals surface area contributed by atoms with Gasteiger partial charge in [0.15, 0.2) is 0 Å². The molecule has 0 radical (unpaired) electrons. The van der Waals surface area contributed by atoms with Crippen molar-refractivity contribution in [3.63, 3.8) is 0 Å². The topological polar surface area (TPSA) is 76.0 Å². The molecule has 7 nitrogen and oxygen atoms in total. The van der Waals surface area contributed by atoms with Gasteiger partial charge in [-0.2, -0.15) is 5.10 Å². The summed E-state index contributed by atoms with van der Waals surface area (Å²) in [5.74, 6) is 1.46. The van der Waals surface area contributed by atoms with Crippen molar-refractivity contribution in [2.75, 3.05) is 20.2 Å². The Morgan fingerprint density at radius 3 is 3.10 bits per heavy atom. The monoisotopic (exact) mass is 275 g/mol. The van der Waals surface area contributed by atoms with Gasteiger partial charge in [-0.15, -0.1) is 0 Å². The number of fused-ring (bicyclic) bond motifs is 1. The van der Waals surface area contributed by atoms with Gasteiger partial charge in [0, 0.05) is 38.7 Å². The number of nitrogens with zero attached hydrogens (tertiary/aromatic N) is 4. The number of pyridine rings is 1. The minimum atomic E-state index is -0.124. The third-order valence-electron chi connectivity index (χ3n) is 3.50. The van der Waals surface area contributed by atoms with E-state index in [4.69, 9.17) is 4.74 Å². The molecule has 0 atom stereocenters. The van der Waals surface area contributed by atoms with Gasteiger partial charge in [-0.3, -0.25) is 9.47 Å². The quantitative estimate of drug-likeness (QED) is 0.855. The molecule has 0 spiro atoms. The van der Waals surface area contributed by atoms with Gasteiger partial charge in [-0.1, -0.05) is 6.07 Å². The fourth-order valence-corrected chi connectivity index (χ4v) is 2.43. The minimum absolute atomic E-state index is 0.124. The first-order chi connectivity index (χ1) is 9.76. The summed E-state index contributed by atoms with van der Waals surface area (Å²) in [7, 11) is 1.61. The fraction of sp³-hybridized carbons (Fsp3) is 0.462. The molecule has 0 amide bonds. The summed E-state index contributed by atoms with van der Waals surface area (Å²) in [4.78, 5) is 18.3. The predicted molar refractivity (Wildman–Crippen MR) is 72.6 cm³/mol. The molecule has 2 aromatic rings. The van der Waals surface area contributed by atoms with E-state index >= 15 is 0 Å². The van der Waals surface area contributed by atoms with Crippen LogP contribution in [0.1, 0.15) is 11.5 Å². The first kappa shape index (κ1) is 12.9. The maximum Gasteiger partial charge on any atom is 0.343 e. The third-order valence-corrected chi connectivity index (χ3v) is 3.50. The molecule has 106 valence electrons. The van der Waals surface area contributed by atoms with Crippen molar-refractivity contribution in [1.82, 2.24) is 24.6 Å². The SMILES string of the molecule is COc1cccc(CN2CCc3n[nH]c(=O)n3CC2)n1. The summed E-state index contributed by atoms with van der Waals surface area (Å²) in [6.45, 7) is 3.09. The first-order valence-electron chi connectivity index (χ1n) is 6.62. The maximum absolute atomic E-state index is 11.6. The van der Waals surface area contributed by atoms with Crippen molar-refractivity contribution >= 4 is 0 Å². The Bertz CT molecular complexity index is 648. The smallest absolute Gasteiger partial charge is 0.343 e. The molecule has 1 aliphatic rings. The van der Waals surface area contributed by atoms with Crippen molar-refractivity contribution < 1.29 is 4.74 Å². The van der Waals surface area contributed by atoms with Crippen LogP contribution in [0.15, 0.2) is 23.0 Å². The highest BCUT2D eigenvalue weighted by molar-refractivity contribution is 5.15. The van der Waals surface area contributed by atoms with E-state index in [0.717, 1.165) is 37.6 Å². The fourth-order valence-electron chi connectivity index (χ4n) is 2.43. The van der Waals surface area contributed by atoms with Gasteiger partial charge in [0.05, 0.1) is 12.8 Å². The molecule has 2 aromatic heterocycles. The lowest BCUT2D eigenvalue weighted by atomic mass is 10.3. The molecule has 7 heteroatoms. The van der Waals surface area contributed by atoms with E-state index in [-0.39, 0.29) is 5.69 Å². The summed E-state index contributed by atoms with van der Waals surface area (Å²) in [6.07, 6.45) is 0.767. The molecular formula is C13H17N5O2. The van der Waals surface area contributed by atoms with Crippen molar-refractivity contribution in [2.24, 2.45) is 0 Å². The lowest BCUT2D eigenvalue weighted by molar-refractivity contribution is 0.266. The van der Waals surface area contributed by atoms with E-state index in [1.54, 1.807) is 11.7 Å². The summed E-state index contributed by atoms with van der Waals surface area (Å²) >= 11 is 0. The van der Waals surface area contributed by atoms with Crippen molar-refractivity contribution in [1.29, 1.82) is 0 Å². The van der Waals surface area contributed by atoms with Crippen LogP contribution in [0.5, 0.6) is 5.88 Å². The van der Waals surface area contributed by atoms with Gasteiger partial charge in [0.25, 0.3) is 0 Å². The lowest BCUT2D eigenvalue weighted by Gasteiger charge is -2.18. The Balaban J connectivity index is 1.69. The first-order valence-corrected chi connectivity index (χ1v) is 6.62. The molecule has 0 aliphatic carbocycles. The lowest BCUT2D eigenvalue weighted by Crippen LogP contribution is -2.28. The molecule has 0 saturated carbocycles. The summed E-state index contributed by atoms with van der Waals surface area (Å²) in [6, 6.07) is 5.76. The average Bonchev–Trinajstić information content (AvgIpc) is 2.70. The Hall–Kier alpha value is -2.15. The van der Waals surface area contributed by atoms with E-state index in [1.165, 1.54) is 0 Å².